The normalized spacial score (nSPS) is 17.0. The van der Waals surface area contributed by atoms with Gasteiger partial charge in [-0.25, -0.2) is 9.59 Å². The number of hydrogen-bond donors (Lipinski definition) is 1. The lowest BCUT2D eigenvalue weighted by atomic mass is 10.1. The largest absolute Gasteiger partial charge is 0.419 e. The van der Waals surface area contributed by atoms with Gasteiger partial charge >= 0.3 is 11.9 Å². The van der Waals surface area contributed by atoms with Crippen molar-refractivity contribution >= 4 is 33.6 Å². The van der Waals surface area contributed by atoms with E-state index in [1.807, 2.05) is 25.1 Å². The Morgan fingerprint density at radius 1 is 1.24 bits per heavy atom. The number of esters is 2. The molecule has 1 saturated heterocycles. The van der Waals surface area contributed by atoms with E-state index in [0.717, 1.165) is 22.1 Å². The third-order valence-electron chi connectivity index (χ3n) is 2.94. The van der Waals surface area contributed by atoms with Gasteiger partial charge in [0.15, 0.2) is 5.57 Å². The summed E-state index contributed by atoms with van der Waals surface area (Å²) in [6.45, 7) is 5.04. The van der Waals surface area contributed by atoms with Crippen molar-refractivity contribution < 1.29 is 19.1 Å². The third-order valence-corrected chi connectivity index (χ3v) is 3.43. The molecule has 0 bridgehead atoms. The molecule has 1 aromatic carbocycles. The molecule has 0 aliphatic carbocycles. The molecule has 0 atom stereocenters. The van der Waals surface area contributed by atoms with Crippen LogP contribution in [0.15, 0.2) is 34.4 Å². The van der Waals surface area contributed by atoms with Gasteiger partial charge in [-0.2, -0.15) is 0 Å². The van der Waals surface area contributed by atoms with E-state index in [1.54, 1.807) is 0 Å². The number of benzene rings is 1. The first kappa shape index (κ1) is 15.6. The maximum absolute atomic E-state index is 11.8. The van der Waals surface area contributed by atoms with Gasteiger partial charge in [0.25, 0.3) is 5.79 Å². The quantitative estimate of drug-likeness (QED) is 0.513. The van der Waals surface area contributed by atoms with Crippen LogP contribution in [0.5, 0.6) is 0 Å². The van der Waals surface area contributed by atoms with Crippen molar-refractivity contribution in [1.29, 1.82) is 0 Å². The predicted octanol–water partition coefficient (Wildman–Crippen LogP) is 3.14. The van der Waals surface area contributed by atoms with Crippen LogP contribution in [0, 0.1) is 0 Å². The predicted molar refractivity (Wildman–Crippen MR) is 81.5 cm³/mol. The molecule has 1 aromatic rings. The third kappa shape index (κ3) is 3.64. The summed E-state index contributed by atoms with van der Waals surface area (Å²) >= 11 is 3.40. The number of aryl methyl sites for hydroxylation is 1. The summed E-state index contributed by atoms with van der Waals surface area (Å²) in [5, 5.41) is 2.96. The summed E-state index contributed by atoms with van der Waals surface area (Å²) in [7, 11) is 0. The SMILES string of the molecule is CCc1cc(Br)ccc1NC=C1C(=O)OC(C)(C)OC1=O. The van der Waals surface area contributed by atoms with Crippen LogP contribution < -0.4 is 5.32 Å². The molecule has 112 valence electrons. The topological polar surface area (TPSA) is 64.6 Å². The van der Waals surface area contributed by atoms with Gasteiger partial charge in [0.2, 0.25) is 0 Å². The highest BCUT2D eigenvalue weighted by atomic mass is 79.9. The molecular formula is C15H16BrNO4. The lowest BCUT2D eigenvalue weighted by Crippen LogP contribution is -2.42. The first-order valence-corrected chi connectivity index (χ1v) is 7.33. The van der Waals surface area contributed by atoms with E-state index >= 15 is 0 Å². The molecule has 1 fully saturated rings. The molecule has 0 saturated carbocycles. The molecule has 1 aliphatic rings. The van der Waals surface area contributed by atoms with Crippen molar-refractivity contribution in [3.05, 3.63) is 40.0 Å². The van der Waals surface area contributed by atoms with Crippen molar-refractivity contribution in [2.45, 2.75) is 33.0 Å². The van der Waals surface area contributed by atoms with Crippen molar-refractivity contribution in [2.24, 2.45) is 0 Å². The molecule has 1 heterocycles. The Morgan fingerprint density at radius 3 is 2.43 bits per heavy atom. The molecule has 0 amide bonds. The number of hydrogen-bond acceptors (Lipinski definition) is 5. The number of carbonyl (C=O) groups excluding carboxylic acids is 2. The Labute approximate surface area is 131 Å². The van der Waals surface area contributed by atoms with Crippen LogP contribution in [0.2, 0.25) is 0 Å². The van der Waals surface area contributed by atoms with Crippen LogP contribution in [-0.4, -0.2) is 17.7 Å². The summed E-state index contributed by atoms with van der Waals surface area (Å²) in [6, 6.07) is 5.71. The molecule has 21 heavy (non-hydrogen) atoms. The molecular weight excluding hydrogens is 338 g/mol. The van der Waals surface area contributed by atoms with Gasteiger partial charge in [0, 0.05) is 30.2 Å². The summed E-state index contributed by atoms with van der Waals surface area (Å²) in [6.07, 6.45) is 2.13. The minimum Gasteiger partial charge on any atom is -0.419 e. The highest BCUT2D eigenvalue weighted by Crippen LogP contribution is 2.24. The first-order chi connectivity index (χ1) is 9.82. The Balaban J connectivity index is 2.22. The molecule has 0 aromatic heterocycles. The minimum absolute atomic E-state index is 0.153. The zero-order valence-electron chi connectivity index (χ0n) is 12.0. The lowest BCUT2D eigenvalue weighted by Gasteiger charge is -2.29. The maximum Gasteiger partial charge on any atom is 0.350 e. The molecule has 2 rings (SSSR count). The van der Waals surface area contributed by atoms with E-state index < -0.39 is 17.7 Å². The van der Waals surface area contributed by atoms with Crippen LogP contribution in [0.4, 0.5) is 5.69 Å². The summed E-state index contributed by atoms with van der Waals surface area (Å²) < 4.78 is 11.0. The second-order valence-corrected chi connectivity index (χ2v) is 5.95. The van der Waals surface area contributed by atoms with Crippen molar-refractivity contribution in [3.63, 3.8) is 0 Å². The average molecular weight is 354 g/mol. The highest BCUT2D eigenvalue weighted by Gasteiger charge is 2.38. The number of rotatable bonds is 3. The van der Waals surface area contributed by atoms with E-state index in [9.17, 15) is 9.59 Å². The van der Waals surface area contributed by atoms with Crippen LogP contribution in [0.3, 0.4) is 0 Å². The zero-order valence-corrected chi connectivity index (χ0v) is 13.6. The first-order valence-electron chi connectivity index (χ1n) is 6.54. The van der Waals surface area contributed by atoms with E-state index in [0.29, 0.717) is 0 Å². The van der Waals surface area contributed by atoms with Crippen molar-refractivity contribution in [3.8, 4) is 0 Å². The summed E-state index contributed by atoms with van der Waals surface area (Å²) in [4.78, 5) is 23.6. The molecule has 0 spiro atoms. The Bertz CT molecular complexity index is 600. The van der Waals surface area contributed by atoms with E-state index in [1.165, 1.54) is 20.0 Å². The average Bonchev–Trinajstić information content (AvgIpc) is 2.37. The summed E-state index contributed by atoms with van der Waals surface area (Å²) in [5.41, 5.74) is 1.72. The fraction of sp³-hybridized carbons (Fsp3) is 0.333. The van der Waals surface area contributed by atoms with Gasteiger partial charge in [-0.05, 0) is 30.2 Å². The number of nitrogens with one attached hydrogen (secondary N) is 1. The molecule has 0 unspecified atom stereocenters. The molecule has 1 aliphatic heterocycles. The standard InChI is InChI=1S/C15H16BrNO4/c1-4-9-7-10(16)5-6-12(9)17-8-11-13(18)20-15(2,3)21-14(11)19/h5-8,17H,4H2,1-3H3. The number of ether oxygens (including phenoxy) is 2. The smallest absolute Gasteiger partial charge is 0.350 e. The Morgan fingerprint density at radius 2 is 1.86 bits per heavy atom. The van der Waals surface area contributed by atoms with E-state index in [-0.39, 0.29) is 5.57 Å². The van der Waals surface area contributed by atoms with Gasteiger partial charge in [0.05, 0.1) is 0 Å². The van der Waals surface area contributed by atoms with Gasteiger partial charge in [-0.1, -0.05) is 22.9 Å². The monoisotopic (exact) mass is 353 g/mol. The number of anilines is 1. The zero-order chi connectivity index (χ0) is 15.6. The van der Waals surface area contributed by atoms with Crippen molar-refractivity contribution in [2.75, 3.05) is 5.32 Å². The number of halogens is 1. The van der Waals surface area contributed by atoms with Gasteiger partial charge < -0.3 is 14.8 Å². The minimum atomic E-state index is -1.22. The second kappa shape index (κ2) is 5.89. The lowest BCUT2D eigenvalue weighted by molar-refractivity contribution is -0.222. The van der Waals surface area contributed by atoms with Crippen LogP contribution >= 0.6 is 15.9 Å². The maximum atomic E-state index is 11.8. The molecule has 5 nitrogen and oxygen atoms in total. The van der Waals surface area contributed by atoms with Gasteiger partial charge in [-0.15, -0.1) is 0 Å². The van der Waals surface area contributed by atoms with Crippen molar-refractivity contribution in [1.82, 2.24) is 0 Å². The number of cyclic esters (lactones) is 2. The molecule has 1 N–H and O–H groups in total. The van der Waals surface area contributed by atoms with Crippen LogP contribution in [0.25, 0.3) is 0 Å². The van der Waals surface area contributed by atoms with E-state index in [4.69, 9.17) is 9.47 Å². The fourth-order valence-electron chi connectivity index (χ4n) is 1.92. The van der Waals surface area contributed by atoms with Crippen LogP contribution in [0.1, 0.15) is 26.3 Å². The Kier molecular flexibility index (Phi) is 4.37. The second-order valence-electron chi connectivity index (χ2n) is 5.04. The van der Waals surface area contributed by atoms with Gasteiger partial charge in [-0.3, -0.25) is 0 Å². The van der Waals surface area contributed by atoms with Crippen LogP contribution in [-0.2, 0) is 25.5 Å². The fourth-order valence-corrected chi connectivity index (χ4v) is 2.33. The molecule has 6 heteroatoms. The Hall–Kier alpha value is -1.82. The highest BCUT2D eigenvalue weighted by molar-refractivity contribution is 9.10. The van der Waals surface area contributed by atoms with E-state index in [2.05, 4.69) is 21.2 Å². The van der Waals surface area contributed by atoms with Gasteiger partial charge in [0.1, 0.15) is 0 Å². The summed E-state index contributed by atoms with van der Waals surface area (Å²) in [5.74, 6) is -2.62. The molecule has 0 radical (unpaired) electrons. The number of carbonyl (C=O) groups is 2.